The summed E-state index contributed by atoms with van der Waals surface area (Å²) in [6.45, 7) is 0.956. The van der Waals surface area contributed by atoms with Crippen molar-refractivity contribution in [3.05, 3.63) is 66.7 Å². The van der Waals surface area contributed by atoms with Gasteiger partial charge < -0.3 is 18.9 Å². The Kier molecular flexibility index (Phi) is 7.94. The van der Waals surface area contributed by atoms with E-state index in [1.165, 1.54) is 6.92 Å². The lowest BCUT2D eigenvalue weighted by molar-refractivity contribution is -0.385. The summed E-state index contributed by atoms with van der Waals surface area (Å²) in [5.74, 6) is -0.337. The quantitative estimate of drug-likeness (QED) is 0.233. The van der Waals surface area contributed by atoms with Crippen LogP contribution in [0.15, 0.2) is 36.4 Å². The third-order valence-corrected chi connectivity index (χ3v) is 3.96. The molecule has 0 saturated heterocycles. The van der Waals surface area contributed by atoms with E-state index >= 15 is 0 Å². The predicted octanol–water partition coefficient (Wildman–Crippen LogP) is 4.93. The van der Waals surface area contributed by atoms with Crippen LogP contribution >= 0.6 is 23.2 Å². The Balaban J connectivity index is 1.82. The second kappa shape index (κ2) is 10.4. The van der Waals surface area contributed by atoms with Gasteiger partial charge in [0.15, 0.2) is 11.5 Å². The molecule has 0 bridgehead atoms. The lowest BCUT2D eigenvalue weighted by atomic mass is 10.3. The minimum absolute atomic E-state index is 0.168. The number of ether oxygens (including phenoxy) is 4. The minimum atomic E-state index is -1.20. The van der Waals surface area contributed by atoms with Gasteiger partial charge >= 0.3 is 12.3 Å². The molecular weight excluding hydrogens is 463 g/mol. The number of nitro groups is 2. The van der Waals surface area contributed by atoms with E-state index in [4.69, 9.17) is 42.1 Å². The van der Waals surface area contributed by atoms with Gasteiger partial charge in [-0.15, -0.1) is 0 Å². The molecule has 0 spiro atoms. The van der Waals surface area contributed by atoms with E-state index in [9.17, 15) is 29.8 Å². The first kappa shape index (κ1) is 23.6. The van der Waals surface area contributed by atoms with Crippen LogP contribution in [-0.4, -0.2) is 34.9 Å². The summed E-state index contributed by atoms with van der Waals surface area (Å²) in [7, 11) is 0. The number of nitro benzene ring substituents is 2. The molecule has 1 unspecified atom stereocenters. The van der Waals surface area contributed by atoms with Gasteiger partial charge in [0.1, 0.15) is 12.7 Å². The van der Waals surface area contributed by atoms with Crippen molar-refractivity contribution in [2.75, 3.05) is 6.61 Å². The van der Waals surface area contributed by atoms with Crippen molar-refractivity contribution in [3.8, 4) is 11.5 Å². The highest BCUT2D eigenvalue weighted by atomic mass is 35.5. The van der Waals surface area contributed by atoms with Gasteiger partial charge in [-0.3, -0.25) is 20.2 Å². The third kappa shape index (κ3) is 6.97. The minimum Gasteiger partial charge on any atom is -0.430 e. The normalized spacial score (nSPS) is 11.2. The van der Waals surface area contributed by atoms with Crippen LogP contribution in [0.4, 0.5) is 21.0 Å². The zero-order chi connectivity index (χ0) is 23.1. The van der Waals surface area contributed by atoms with Crippen LogP contribution in [0.5, 0.6) is 11.5 Å². The van der Waals surface area contributed by atoms with Crippen molar-refractivity contribution >= 4 is 46.9 Å². The van der Waals surface area contributed by atoms with Gasteiger partial charge in [-0.1, -0.05) is 23.2 Å². The van der Waals surface area contributed by atoms with Gasteiger partial charge in [0.2, 0.25) is 0 Å². The highest BCUT2D eigenvalue weighted by molar-refractivity contribution is 6.32. The summed E-state index contributed by atoms with van der Waals surface area (Å²) in [6.07, 6.45) is -3.36. The van der Waals surface area contributed by atoms with E-state index in [1.54, 1.807) is 0 Å². The highest BCUT2D eigenvalue weighted by Crippen LogP contribution is 2.30. The molecule has 14 heteroatoms. The van der Waals surface area contributed by atoms with Crippen molar-refractivity contribution in [1.29, 1.82) is 0 Å². The van der Waals surface area contributed by atoms with Crippen molar-refractivity contribution < 1.29 is 38.4 Å². The molecular formula is C17H12Cl2N2O10. The number of nitrogens with zero attached hydrogens (tertiary/aromatic N) is 2. The predicted molar refractivity (Wildman–Crippen MR) is 105 cm³/mol. The molecule has 2 aromatic rings. The van der Waals surface area contributed by atoms with E-state index in [0.29, 0.717) is 0 Å². The topological polar surface area (TPSA) is 157 Å². The molecule has 31 heavy (non-hydrogen) atoms. The second-order valence-corrected chi connectivity index (χ2v) is 6.50. The first-order chi connectivity index (χ1) is 14.6. The van der Waals surface area contributed by atoms with Crippen molar-refractivity contribution in [1.82, 2.24) is 0 Å². The van der Waals surface area contributed by atoms with E-state index in [2.05, 4.69) is 0 Å². The van der Waals surface area contributed by atoms with Crippen LogP contribution in [0.25, 0.3) is 0 Å². The molecule has 0 N–H and O–H groups in total. The van der Waals surface area contributed by atoms with Crippen molar-refractivity contribution in [2.45, 2.75) is 13.0 Å². The summed E-state index contributed by atoms with van der Waals surface area (Å²) in [4.78, 5) is 43.5. The van der Waals surface area contributed by atoms with E-state index < -0.39 is 34.9 Å². The summed E-state index contributed by atoms with van der Waals surface area (Å²) in [5, 5.41) is 21.0. The van der Waals surface area contributed by atoms with Gasteiger partial charge in [-0.2, -0.15) is 0 Å². The maximum Gasteiger partial charge on any atom is 0.514 e. The van der Waals surface area contributed by atoms with Gasteiger partial charge in [0, 0.05) is 24.3 Å². The van der Waals surface area contributed by atoms with Gasteiger partial charge in [-0.25, -0.2) is 9.59 Å². The van der Waals surface area contributed by atoms with Gasteiger partial charge in [0.05, 0.1) is 19.9 Å². The Labute approximate surface area is 183 Å². The van der Waals surface area contributed by atoms with Crippen LogP contribution in [0.1, 0.15) is 6.92 Å². The lowest BCUT2D eigenvalue weighted by Crippen LogP contribution is -2.25. The Hall–Kier alpha value is -3.64. The highest BCUT2D eigenvalue weighted by Gasteiger charge is 2.19. The van der Waals surface area contributed by atoms with Crippen LogP contribution in [0.3, 0.4) is 0 Å². The van der Waals surface area contributed by atoms with E-state index in [1.807, 2.05) is 0 Å². The Morgan fingerprint density at radius 2 is 1.35 bits per heavy atom. The number of benzene rings is 2. The van der Waals surface area contributed by atoms with Gasteiger partial charge in [-0.05, 0) is 19.1 Å². The number of carbonyl (C=O) groups is 2. The molecule has 164 valence electrons. The number of carbonyl (C=O) groups excluding carboxylic acids is 2. The van der Waals surface area contributed by atoms with Gasteiger partial charge in [0.25, 0.3) is 11.4 Å². The van der Waals surface area contributed by atoms with Crippen molar-refractivity contribution in [2.24, 2.45) is 0 Å². The number of halogens is 2. The number of rotatable bonds is 7. The molecule has 0 radical (unpaired) electrons. The molecule has 0 fully saturated rings. The summed E-state index contributed by atoms with van der Waals surface area (Å²) in [5.41, 5.74) is -0.585. The molecule has 0 amide bonds. The zero-order valence-corrected chi connectivity index (χ0v) is 17.0. The second-order valence-electron chi connectivity index (χ2n) is 5.69. The maximum atomic E-state index is 11.8. The van der Waals surface area contributed by atoms with E-state index in [0.717, 1.165) is 36.4 Å². The largest absolute Gasteiger partial charge is 0.514 e. The molecule has 0 aliphatic heterocycles. The Morgan fingerprint density at radius 1 is 0.903 bits per heavy atom. The zero-order valence-electron chi connectivity index (χ0n) is 15.5. The SMILES string of the molecule is CC(COC(=O)Oc1ccc([N+](=O)[O-])cc1Cl)OC(=O)Oc1ccc([N+](=O)[O-])cc1Cl. The molecule has 12 nitrogen and oxygen atoms in total. The molecule has 0 aliphatic carbocycles. The fourth-order valence-electron chi connectivity index (χ4n) is 1.99. The molecule has 1 atom stereocenters. The molecule has 0 heterocycles. The van der Waals surface area contributed by atoms with Crippen LogP contribution in [0.2, 0.25) is 10.0 Å². The molecule has 0 aromatic heterocycles. The van der Waals surface area contributed by atoms with Crippen molar-refractivity contribution in [3.63, 3.8) is 0 Å². The van der Waals surface area contributed by atoms with E-state index in [-0.39, 0.29) is 32.9 Å². The average Bonchev–Trinajstić information content (AvgIpc) is 2.69. The molecule has 2 rings (SSSR count). The number of non-ortho nitro benzene ring substituents is 2. The smallest absolute Gasteiger partial charge is 0.430 e. The summed E-state index contributed by atoms with van der Waals surface area (Å²) >= 11 is 11.6. The lowest BCUT2D eigenvalue weighted by Gasteiger charge is -2.14. The summed E-state index contributed by atoms with van der Waals surface area (Å²) in [6, 6.07) is 6.40. The monoisotopic (exact) mass is 474 g/mol. The number of hydrogen-bond acceptors (Lipinski definition) is 10. The third-order valence-electron chi connectivity index (χ3n) is 3.37. The first-order valence-electron chi connectivity index (χ1n) is 8.17. The molecule has 0 saturated carbocycles. The summed E-state index contributed by atoms with van der Waals surface area (Å²) < 4.78 is 19.3. The molecule has 2 aromatic carbocycles. The Morgan fingerprint density at radius 3 is 1.77 bits per heavy atom. The number of hydrogen-bond donors (Lipinski definition) is 0. The first-order valence-corrected chi connectivity index (χ1v) is 8.93. The Bertz CT molecular complexity index is 1030. The average molecular weight is 475 g/mol. The molecule has 0 aliphatic rings. The fraction of sp³-hybridized carbons (Fsp3) is 0.176. The van der Waals surface area contributed by atoms with Crippen LogP contribution in [-0.2, 0) is 9.47 Å². The van der Waals surface area contributed by atoms with Crippen LogP contribution in [0, 0.1) is 20.2 Å². The standard InChI is InChI=1S/C17H12Cl2N2O10/c1-9(29-17(23)31-15-5-3-11(21(26)27)7-13(15)19)8-28-16(22)30-14-4-2-10(20(24)25)6-12(14)18/h2-7,9H,8H2,1H3. The van der Waals surface area contributed by atoms with Crippen LogP contribution < -0.4 is 9.47 Å². The maximum absolute atomic E-state index is 11.8. The fourth-order valence-corrected chi connectivity index (χ4v) is 2.42.